The Labute approximate surface area is 113 Å². The van der Waals surface area contributed by atoms with Gasteiger partial charge in [-0.3, -0.25) is 4.79 Å². The maximum Gasteiger partial charge on any atom is 0.254 e. The number of aryl methyl sites for hydroxylation is 1. The number of piperidine rings is 1. The van der Waals surface area contributed by atoms with Crippen LogP contribution in [0.4, 0.5) is 4.39 Å². The summed E-state index contributed by atoms with van der Waals surface area (Å²) in [7, 11) is 0. The lowest BCUT2D eigenvalue weighted by molar-refractivity contribution is 0.0893. The van der Waals surface area contributed by atoms with Gasteiger partial charge in [0.2, 0.25) is 0 Å². The molecule has 104 valence electrons. The van der Waals surface area contributed by atoms with Crippen LogP contribution < -0.4 is 10.6 Å². The van der Waals surface area contributed by atoms with Gasteiger partial charge in [-0.05, 0) is 44.4 Å². The highest BCUT2D eigenvalue weighted by molar-refractivity contribution is 5.94. The van der Waals surface area contributed by atoms with E-state index in [1.807, 2.05) is 6.92 Å². The van der Waals surface area contributed by atoms with E-state index < -0.39 is 5.82 Å². The fourth-order valence-corrected chi connectivity index (χ4v) is 2.66. The molecule has 1 aliphatic heterocycles. The molecule has 0 radical (unpaired) electrons. The van der Waals surface area contributed by atoms with Gasteiger partial charge in [-0.25, -0.2) is 4.39 Å². The van der Waals surface area contributed by atoms with Crippen molar-refractivity contribution in [3.05, 3.63) is 35.1 Å². The third-order valence-corrected chi connectivity index (χ3v) is 3.95. The van der Waals surface area contributed by atoms with Crippen LogP contribution >= 0.6 is 0 Å². The molecule has 3 nitrogen and oxygen atoms in total. The van der Waals surface area contributed by atoms with E-state index in [-0.39, 0.29) is 23.6 Å². The van der Waals surface area contributed by atoms with Gasteiger partial charge in [0.1, 0.15) is 5.82 Å². The third-order valence-electron chi connectivity index (χ3n) is 3.95. The van der Waals surface area contributed by atoms with Crippen molar-refractivity contribution in [3.63, 3.8) is 0 Å². The summed E-state index contributed by atoms with van der Waals surface area (Å²) in [5, 5.41) is 6.30. The average Bonchev–Trinajstić information content (AvgIpc) is 2.37. The van der Waals surface area contributed by atoms with Gasteiger partial charge in [-0.1, -0.05) is 19.1 Å². The van der Waals surface area contributed by atoms with Crippen LogP contribution in [-0.2, 0) is 0 Å². The van der Waals surface area contributed by atoms with Gasteiger partial charge in [-0.2, -0.15) is 0 Å². The third kappa shape index (κ3) is 2.95. The first-order chi connectivity index (χ1) is 9.00. The molecule has 0 aliphatic carbocycles. The average molecular weight is 264 g/mol. The second kappa shape index (κ2) is 5.70. The lowest BCUT2D eigenvalue weighted by Crippen LogP contribution is -2.56. The van der Waals surface area contributed by atoms with Crippen LogP contribution in [0, 0.1) is 18.7 Å². The van der Waals surface area contributed by atoms with Crippen molar-refractivity contribution in [1.29, 1.82) is 0 Å². The van der Waals surface area contributed by atoms with Crippen LogP contribution in [0.25, 0.3) is 0 Å². The quantitative estimate of drug-likeness (QED) is 0.860. The summed E-state index contributed by atoms with van der Waals surface area (Å²) in [5.41, 5.74) is 0.625. The van der Waals surface area contributed by atoms with Crippen LogP contribution in [0.15, 0.2) is 18.2 Å². The number of hydrogen-bond donors (Lipinski definition) is 2. The standard InChI is InChI=1S/C15H21FN2O/c1-9-5-4-6-12(13(9)16)15(19)18-14-10(2)7-8-17-11(14)3/h4-6,10-11,14,17H,7-8H2,1-3H3,(H,18,19). The van der Waals surface area contributed by atoms with E-state index in [0.29, 0.717) is 11.5 Å². The van der Waals surface area contributed by atoms with Gasteiger partial charge in [0, 0.05) is 12.1 Å². The Morgan fingerprint density at radius 3 is 2.84 bits per heavy atom. The molecule has 1 aliphatic rings. The first-order valence-electron chi connectivity index (χ1n) is 6.80. The summed E-state index contributed by atoms with van der Waals surface area (Å²) in [6.45, 7) is 6.80. The second-order valence-electron chi connectivity index (χ2n) is 5.44. The molecule has 3 unspecified atom stereocenters. The van der Waals surface area contributed by atoms with Gasteiger partial charge in [-0.15, -0.1) is 0 Å². The fraction of sp³-hybridized carbons (Fsp3) is 0.533. The highest BCUT2D eigenvalue weighted by Gasteiger charge is 2.29. The number of carbonyl (C=O) groups excluding carboxylic acids is 1. The highest BCUT2D eigenvalue weighted by atomic mass is 19.1. The normalized spacial score (nSPS) is 27.1. The number of carbonyl (C=O) groups is 1. The molecule has 1 fully saturated rings. The van der Waals surface area contributed by atoms with Crippen molar-refractivity contribution in [2.75, 3.05) is 6.54 Å². The second-order valence-corrected chi connectivity index (χ2v) is 5.44. The molecule has 1 amide bonds. The molecule has 0 aromatic heterocycles. The number of halogens is 1. The Bertz CT molecular complexity index is 465. The van der Waals surface area contributed by atoms with Crippen molar-refractivity contribution in [2.45, 2.75) is 39.3 Å². The minimum absolute atomic E-state index is 0.0427. The zero-order valence-electron chi connectivity index (χ0n) is 11.7. The van der Waals surface area contributed by atoms with Gasteiger partial charge in [0.05, 0.1) is 5.56 Å². The molecule has 2 rings (SSSR count). The van der Waals surface area contributed by atoms with Crippen molar-refractivity contribution in [1.82, 2.24) is 10.6 Å². The number of benzene rings is 1. The van der Waals surface area contributed by atoms with Gasteiger partial charge in [0.15, 0.2) is 0 Å². The molecule has 2 N–H and O–H groups in total. The molecular weight excluding hydrogens is 243 g/mol. The van der Waals surface area contributed by atoms with Crippen molar-refractivity contribution in [3.8, 4) is 0 Å². The number of nitrogens with one attached hydrogen (secondary N) is 2. The van der Waals surface area contributed by atoms with Crippen molar-refractivity contribution >= 4 is 5.91 Å². The smallest absolute Gasteiger partial charge is 0.254 e. The monoisotopic (exact) mass is 264 g/mol. The van der Waals surface area contributed by atoms with Crippen LogP contribution in [0.1, 0.15) is 36.2 Å². The van der Waals surface area contributed by atoms with E-state index in [9.17, 15) is 9.18 Å². The minimum Gasteiger partial charge on any atom is -0.347 e. The SMILES string of the molecule is Cc1cccc(C(=O)NC2C(C)CCNC2C)c1F. The highest BCUT2D eigenvalue weighted by Crippen LogP contribution is 2.18. The first-order valence-corrected chi connectivity index (χ1v) is 6.80. The predicted molar refractivity (Wildman–Crippen MR) is 73.6 cm³/mol. The Hall–Kier alpha value is -1.42. The van der Waals surface area contributed by atoms with Gasteiger partial charge in [0.25, 0.3) is 5.91 Å². The molecular formula is C15H21FN2O. The van der Waals surface area contributed by atoms with Crippen LogP contribution in [0.5, 0.6) is 0 Å². The van der Waals surface area contributed by atoms with Crippen LogP contribution in [0.3, 0.4) is 0 Å². The van der Waals surface area contributed by atoms with E-state index in [4.69, 9.17) is 0 Å². The van der Waals surface area contributed by atoms with E-state index in [0.717, 1.165) is 13.0 Å². The van der Waals surface area contributed by atoms with Crippen molar-refractivity contribution in [2.24, 2.45) is 5.92 Å². The molecule has 3 atom stereocenters. The lowest BCUT2D eigenvalue weighted by atomic mass is 9.89. The topological polar surface area (TPSA) is 41.1 Å². The predicted octanol–water partition coefficient (Wildman–Crippen LogP) is 2.25. The molecule has 4 heteroatoms. The summed E-state index contributed by atoms with van der Waals surface area (Å²) < 4.78 is 13.9. The summed E-state index contributed by atoms with van der Waals surface area (Å²) >= 11 is 0. The number of amides is 1. The number of hydrogen-bond acceptors (Lipinski definition) is 2. The Kier molecular flexibility index (Phi) is 4.20. The summed E-state index contributed by atoms with van der Waals surface area (Å²) in [4.78, 5) is 12.2. The lowest BCUT2D eigenvalue weighted by Gasteiger charge is -2.36. The molecule has 1 aromatic carbocycles. The zero-order chi connectivity index (χ0) is 14.0. The maximum absolute atomic E-state index is 13.9. The molecule has 1 saturated heterocycles. The Morgan fingerprint density at radius 1 is 1.42 bits per heavy atom. The van der Waals surface area contributed by atoms with E-state index in [2.05, 4.69) is 17.6 Å². The fourth-order valence-electron chi connectivity index (χ4n) is 2.66. The maximum atomic E-state index is 13.9. The summed E-state index contributed by atoms with van der Waals surface area (Å²) in [6.07, 6.45) is 1.02. The van der Waals surface area contributed by atoms with Crippen LogP contribution in [-0.4, -0.2) is 24.5 Å². The molecule has 0 bridgehead atoms. The largest absolute Gasteiger partial charge is 0.347 e. The zero-order valence-corrected chi connectivity index (χ0v) is 11.7. The summed E-state index contributed by atoms with van der Waals surface area (Å²) in [5.74, 6) is -0.356. The molecule has 19 heavy (non-hydrogen) atoms. The van der Waals surface area contributed by atoms with Crippen molar-refractivity contribution < 1.29 is 9.18 Å². The first kappa shape index (κ1) is 14.0. The molecule has 0 saturated carbocycles. The van der Waals surface area contributed by atoms with E-state index in [1.165, 1.54) is 6.07 Å². The number of rotatable bonds is 2. The minimum atomic E-state index is -0.427. The molecule has 0 spiro atoms. The van der Waals surface area contributed by atoms with Gasteiger partial charge >= 0.3 is 0 Å². The molecule has 1 heterocycles. The Morgan fingerprint density at radius 2 is 2.16 bits per heavy atom. The van der Waals surface area contributed by atoms with E-state index >= 15 is 0 Å². The molecule has 1 aromatic rings. The summed E-state index contributed by atoms with van der Waals surface area (Å²) in [6, 6.07) is 5.16. The van der Waals surface area contributed by atoms with Gasteiger partial charge < -0.3 is 10.6 Å². The Balaban J connectivity index is 2.14. The van der Waals surface area contributed by atoms with Crippen LogP contribution in [0.2, 0.25) is 0 Å². The van der Waals surface area contributed by atoms with E-state index in [1.54, 1.807) is 19.1 Å².